The van der Waals surface area contributed by atoms with Gasteiger partial charge in [-0.25, -0.2) is 0 Å². The van der Waals surface area contributed by atoms with Crippen molar-refractivity contribution in [3.8, 4) is 5.75 Å². The number of ether oxygens (including phenoxy) is 1. The van der Waals surface area contributed by atoms with E-state index in [4.69, 9.17) is 39.5 Å². The van der Waals surface area contributed by atoms with Crippen LogP contribution in [0.3, 0.4) is 0 Å². The highest BCUT2D eigenvalue weighted by molar-refractivity contribution is 6.35. The van der Waals surface area contributed by atoms with E-state index in [1.807, 2.05) is 0 Å². The molecule has 0 heterocycles. The van der Waals surface area contributed by atoms with Crippen LogP contribution in [0.4, 0.5) is 0 Å². The van der Waals surface area contributed by atoms with Gasteiger partial charge < -0.3 is 4.74 Å². The highest BCUT2D eigenvalue weighted by Gasteiger charge is 2.17. The van der Waals surface area contributed by atoms with E-state index in [2.05, 4.69) is 10.9 Å². The van der Waals surface area contributed by atoms with Gasteiger partial charge in [0.15, 0.2) is 6.10 Å². The van der Waals surface area contributed by atoms with E-state index >= 15 is 0 Å². The first-order valence-corrected chi connectivity index (χ1v) is 7.97. The van der Waals surface area contributed by atoms with Crippen molar-refractivity contribution in [3.63, 3.8) is 0 Å². The lowest BCUT2D eigenvalue weighted by atomic mass is 10.2. The van der Waals surface area contributed by atoms with Gasteiger partial charge in [0, 0.05) is 15.6 Å². The number of carbonyl (C=O) groups excluding carboxylic acids is 2. The zero-order valence-corrected chi connectivity index (χ0v) is 14.7. The van der Waals surface area contributed by atoms with E-state index in [1.165, 1.54) is 25.1 Å². The molecule has 1 atom stereocenters. The lowest BCUT2D eigenvalue weighted by Gasteiger charge is -2.16. The first-order chi connectivity index (χ1) is 11.4. The van der Waals surface area contributed by atoms with Crippen molar-refractivity contribution in [1.29, 1.82) is 0 Å². The third-order valence-electron chi connectivity index (χ3n) is 2.97. The van der Waals surface area contributed by atoms with E-state index in [1.54, 1.807) is 24.3 Å². The van der Waals surface area contributed by atoms with Gasteiger partial charge in [-0.3, -0.25) is 20.4 Å². The Kier molecular flexibility index (Phi) is 6.31. The number of hydrazine groups is 1. The smallest absolute Gasteiger partial charge is 0.279 e. The molecular formula is C16H13Cl3N2O3. The normalized spacial score (nSPS) is 11.5. The molecule has 0 aromatic heterocycles. The molecule has 0 radical (unpaired) electrons. The van der Waals surface area contributed by atoms with Gasteiger partial charge in [0.2, 0.25) is 0 Å². The van der Waals surface area contributed by atoms with Crippen LogP contribution in [0, 0.1) is 0 Å². The van der Waals surface area contributed by atoms with Crippen molar-refractivity contribution < 1.29 is 14.3 Å². The Bertz CT molecular complexity index is 751. The Hall–Kier alpha value is -1.95. The van der Waals surface area contributed by atoms with Gasteiger partial charge in [0.25, 0.3) is 11.8 Å². The van der Waals surface area contributed by atoms with Crippen LogP contribution in [0.2, 0.25) is 15.1 Å². The fourth-order valence-electron chi connectivity index (χ4n) is 1.71. The summed E-state index contributed by atoms with van der Waals surface area (Å²) in [6, 6.07) is 10.9. The molecule has 2 amide bonds. The fraction of sp³-hybridized carbons (Fsp3) is 0.125. The van der Waals surface area contributed by atoms with Crippen molar-refractivity contribution in [2.45, 2.75) is 13.0 Å². The summed E-state index contributed by atoms with van der Waals surface area (Å²) in [6.45, 7) is 1.52. The Balaban J connectivity index is 1.89. The van der Waals surface area contributed by atoms with Crippen LogP contribution in [-0.2, 0) is 4.79 Å². The average molecular weight is 388 g/mol. The zero-order valence-electron chi connectivity index (χ0n) is 12.5. The third-order valence-corrected chi connectivity index (χ3v) is 3.75. The molecule has 24 heavy (non-hydrogen) atoms. The van der Waals surface area contributed by atoms with Gasteiger partial charge in [-0.1, -0.05) is 34.8 Å². The number of halogens is 3. The summed E-state index contributed by atoms with van der Waals surface area (Å²) < 4.78 is 5.44. The van der Waals surface area contributed by atoms with Crippen LogP contribution >= 0.6 is 34.8 Å². The summed E-state index contributed by atoms with van der Waals surface area (Å²) in [6.07, 6.45) is -0.880. The van der Waals surface area contributed by atoms with E-state index in [0.717, 1.165) is 0 Å². The lowest BCUT2D eigenvalue weighted by Crippen LogP contribution is -2.47. The van der Waals surface area contributed by atoms with E-state index < -0.39 is 17.9 Å². The molecule has 2 N–H and O–H groups in total. The van der Waals surface area contributed by atoms with Gasteiger partial charge in [-0.15, -0.1) is 0 Å². The highest BCUT2D eigenvalue weighted by atomic mass is 35.5. The van der Waals surface area contributed by atoms with E-state index in [0.29, 0.717) is 21.4 Å². The summed E-state index contributed by atoms with van der Waals surface area (Å²) in [4.78, 5) is 23.9. The number of carbonyl (C=O) groups is 2. The first-order valence-electron chi connectivity index (χ1n) is 6.84. The quantitative estimate of drug-likeness (QED) is 0.783. The van der Waals surface area contributed by atoms with Gasteiger partial charge >= 0.3 is 0 Å². The third kappa shape index (κ3) is 5.03. The second-order valence-corrected chi connectivity index (χ2v) is 6.07. The summed E-state index contributed by atoms with van der Waals surface area (Å²) >= 11 is 17.5. The topological polar surface area (TPSA) is 67.4 Å². The van der Waals surface area contributed by atoms with Crippen LogP contribution in [-0.4, -0.2) is 17.9 Å². The van der Waals surface area contributed by atoms with Crippen LogP contribution < -0.4 is 15.6 Å². The zero-order chi connectivity index (χ0) is 17.7. The molecule has 8 heteroatoms. The maximum absolute atomic E-state index is 12.0. The minimum atomic E-state index is -0.880. The summed E-state index contributed by atoms with van der Waals surface area (Å²) in [5, 5.41) is 1.25. The molecule has 126 valence electrons. The molecular weight excluding hydrogens is 375 g/mol. The number of hydrogen-bond acceptors (Lipinski definition) is 3. The summed E-state index contributed by atoms with van der Waals surface area (Å²) in [7, 11) is 0. The number of amides is 2. The lowest BCUT2D eigenvalue weighted by molar-refractivity contribution is -0.128. The molecule has 5 nitrogen and oxygen atoms in total. The molecule has 2 aromatic carbocycles. The predicted octanol–water partition coefficient (Wildman–Crippen LogP) is 3.88. The Morgan fingerprint density at radius 3 is 2.21 bits per heavy atom. The molecule has 0 saturated heterocycles. The van der Waals surface area contributed by atoms with E-state index in [-0.39, 0.29) is 5.02 Å². The van der Waals surface area contributed by atoms with Crippen LogP contribution in [0.25, 0.3) is 0 Å². The minimum Gasteiger partial charge on any atom is -0.479 e. The van der Waals surface area contributed by atoms with Crippen LogP contribution in [0.15, 0.2) is 42.5 Å². The number of nitrogens with one attached hydrogen (secondary N) is 2. The molecule has 0 bridgehead atoms. The second kappa shape index (κ2) is 8.24. The molecule has 0 fully saturated rings. The number of rotatable bonds is 4. The first kappa shape index (κ1) is 18.4. The standard InChI is InChI=1S/C16H13Cl3N2O3/c1-9(24-14-7-6-12(18)8-13(14)19)15(22)20-21-16(23)10-2-4-11(17)5-3-10/h2-9H,1H3,(H,20,22)(H,21,23)/t9-/m1/s1. The van der Waals surface area contributed by atoms with Gasteiger partial charge in [0.05, 0.1) is 5.02 Å². The largest absolute Gasteiger partial charge is 0.479 e. The molecule has 0 aliphatic carbocycles. The number of benzene rings is 2. The van der Waals surface area contributed by atoms with Crippen molar-refractivity contribution in [2.75, 3.05) is 0 Å². The van der Waals surface area contributed by atoms with Crippen molar-refractivity contribution >= 4 is 46.6 Å². The van der Waals surface area contributed by atoms with Crippen molar-refractivity contribution in [1.82, 2.24) is 10.9 Å². The second-order valence-electron chi connectivity index (χ2n) is 4.79. The maximum Gasteiger partial charge on any atom is 0.279 e. The Morgan fingerprint density at radius 1 is 0.958 bits per heavy atom. The highest BCUT2D eigenvalue weighted by Crippen LogP contribution is 2.28. The van der Waals surface area contributed by atoms with Crippen molar-refractivity contribution in [3.05, 3.63) is 63.1 Å². The van der Waals surface area contributed by atoms with Crippen LogP contribution in [0.5, 0.6) is 5.75 Å². The molecule has 2 aromatic rings. The van der Waals surface area contributed by atoms with Gasteiger partial charge in [0.1, 0.15) is 5.75 Å². The molecule has 2 rings (SSSR count). The Morgan fingerprint density at radius 2 is 1.58 bits per heavy atom. The predicted molar refractivity (Wildman–Crippen MR) is 93.6 cm³/mol. The maximum atomic E-state index is 12.0. The fourth-order valence-corrected chi connectivity index (χ4v) is 2.29. The molecule has 0 spiro atoms. The molecule has 0 aliphatic rings. The van der Waals surface area contributed by atoms with Gasteiger partial charge in [-0.05, 0) is 49.4 Å². The van der Waals surface area contributed by atoms with Gasteiger partial charge in [-0.2, -0.15) is 0 Å². The van der Waals surface area contributed by atoms with Crippen LogP contribution in [0.1, 0.15) is 17.3 Å². The number of hydrogen-bond donors (Lipinski definition) is 2. The SMILES string of the molecule is C[C@@H](Oc1ccc(Cl)cc1Cl)C(=O)NNC(=O)c1ccc(Cl)cc1. The molecule has 0 unspecified atom stereocenters. The van der Waals surface area contributed by atoms with E-state index in [9.17, 15) is 9.59 Å². The Labute approximate surface area is 153 Å². The van der Waals surface area contributed by atoms with Crippen molar-refractivity contribution in [2.24, 2.45) is 0 Å². The summed E-state index contributed by atoms with van der Waals surface area (Å²) in [5.41, 5.74) is 4.93. The molecule has 0 aliphatic heterocycles. The average Bonchev–Trinajstić information content (AvgIpc) is 2.55. The monoisotopic (exact) mass is 386 g/mol. The minimum absolute atomic E-state index is 0.285. The molecule has 0 saturated carbocycles. The summed E-state index contributed by atoms with van der Waals surface area (Å²) in [5.74, 6) is -0.701.